The molecule has 2 aromatic rings. The highest BCUT2D eigenvalue weighted by molar-refractivity contribution is 6.30. The first kappa shape index (κ1) is 19.3. The van der Waals surface area contributed by atoms with Gasteiger partial charge in [0, 0.05) is 18.0 Å². The first-order valence-corrected chi connectivity index (χ1v) is 8.12. The summed E-state index contributed by atoms with van der Waals surface area (Å²) in [5, 5.41) is 12.2. The van der Waals surface area contributed by atoms with Crippen LogP contribution in [0.5, 0.6) is 11.5 Å². The quantitative estimate of drug-likeness (QED) is 0.620. The fourth-order valence-electron chi connectivity index (χ4n) is 2.35. The molecule has 7 heteroatoms. The summed E-state index contributed by atoms with van der Waals surface area (Å²) in [5.41, 5.74) is 1.12. The molecular formula is C19H17ClN2O4. The summed E-state index contributed by atoms with van der Waals surface area (Å²) in [6.45, 7) is 1.37. The summed E-state index contributed by atoms with van der Waals surface area (Å²) in [7, 11) is 1.42. The third-order valence-corrected chi connectivity index (χ3v) is 3.79. The van der Waals surface area contributed by atoms with E-state index in [2.05, 4.69) is 5.32 Å². The zero-order valence-corrected chi connectivity index (χ0v) is 15.0. The molecule has 0 aliphatic heterocycles. The third kappa shape index (κ3) is 5.23. The molecule has 2 rings (SSSR count). The van der Waals surface area contributed by atoms with Crippen molar-refractivity contribution in [3.05, 3.63) is 58.6 Å². The molecular weight excluding hydrogens is 356 g/mol. The van der Waals surface area contributed by atoms with Crippen molar-refractivity contribution in [2.45, 2.75) is 19.4 Å². The number of carbonyl (C=O) groups is 2. The molecule has 26 heavy (non-hydrogen) atoms. The number of halogens is 1. The van der Waals surface area contributed by atoms with Gasteiger partial charge in [0.05, 0.1) is 31.2 Å². The molecule has 2 aromatic carbocycles. The molecule has 1 atom stereocenters. The van der Waals surface area contributed by atoms with Gasteiger partial charge in [-0.25, -0.2) is 0 Å². The number of benzene rings is 2. The lowest BCUT2D eigenvalue weighted by molar-refractivity contribution is -0.135. The molecule has 0 aliphatic rings. The average molecular weight is 373 g/mol. The van der Waals surface area contributed by atoms with Crippen molar-refractivity contribution in [1.29, 1.82) is 5.26 Å². The average Bonchev–Trinajstić information content (AvgIpc) is 2.61. The molecule has 0 radical (unpaired) electrons. The van der Waals surface area contributed by atoms with Crippen molar-refractivity contribution in [2.24, 2.45) is 0 Å². The topological polar surface area (TPSA) is 88.4 Å². The summed E-state index contributed by atoms with van der Waals surface area (Å²) in [4.78, 5) is 23.8. The smallest absolute Gasteiger partial charge is 0.313 e. The minimum Gasteiger partial charge on any atom is -0.493 e. The maximum absolute atomic E-state index is 12.3. The Labute approximate surface area is 156 Å². The predicted octanol–water partition coefficient (Wildman–Crippen LogP) is 3.39. The molecule has 0 saturated heterocycles. The van der Waals surface area contributed by atoms with Gasteiger partial charge in [-0.1, -0.05) is 23.7 Å². The lowest BCUT2D eigenvalue weighted by atomic mass is 10.0. The van der Waals surface area contributed by atoms with Crippen molar-refractivity contribution in [3.63, 3.8) is 0 Å². The van der Waals surface area contributed by atoms with Crippen molar-refractivity contribution >= 4 is 23.5 Å². The molecule has 0 saturated carbocycles. The van der Waals surface area contributed by atoms with Gasteiger partial charge in [-0.15, -0.1) is 0 Å². The third-order valence-electron chi connectivity index (χ3n) is 3.54. The van der Waals surface area contributed by atoms with E-state index >= 15 is 0 Å². The minimum atomic E-state index is -0.554. The van der Waals surface area contributed by atoms with Crippen LogP contribution in [-0.4, -0.2) is 19.0 Å². The number of ether oxygens (including phenoxy) is 2. The zero-order valence-electron chi connectivity index (χ0n) is 14.3. The molecule has 0 bridgehead atoms. The second-order valence-electron chi connectivity index (χ2n) is 5.46. The number of nitriles is 1. The van der Waals surface area contributed by atoms with Crippen LogP contribution in [0.1, 0.15) is 30.5 Å². The Bertz CT molecular complexity index is 844. The van der Waals surface area contributed by atoms with Crippen LogP contribution in [0.2, 0.25) is 5.02 Å². The van der Waals surface area contributed by atoms with Crippen LogP contribution in [0.25, 0.3) is 0 Å². The molecule has 0 fully saturated rings. The summed E-state index contributed by atoms with van der Waals surface area (Å²) < 4.78 is 10.5. The van der Waals surface area contributed by atoms with Gasteiger partial charge in [-0.2, -0.15) is 5.26 Å². The molecule has 6 nitrogen and oxygen atoms in total. The number of nitrogens with one attached hydrogen (secondary N) is 1. The van der Waals surface area contributed by atoms with Crippen LogP contribution in [0.15, 0.2) is 42.5 Å². The van der Waals surface area contributed by atoms with Crippen LogP contribution < -0.4 is 14.8 Å². The molecule has 0 spiro atoms. The molecule has 1 N–H and O–H groups in total. The molecule has 0 heterocycles. The number of nitrogens with zero attached hydrogens (tertiary/aromatic N) is 1. The lowest BCUT2D eigenvalue weighted by Gasteiger charge is -2.18. The number of esters is 1. The van der Waals surface area contributed by atoms with Crippen LogP contribution in [0.3, 0.4) is 0 Å². The Morgan fingerprint density at radius 1 is 1.19 bits per heavy atom. The Morgan fingerprint density at radius 3 is 2.46 bits per heavy atom. The van der Waals surface area contributed by atoms with E-state index < -0.39 is 12.0 Å². The largest absolute Gasteiger partial charge is 0.493 e. The van der Waals surface area contributed by atoms with Gasteiger partial charge in [0.1, 0.15) is 0 Å². The van der Waals surface area contributed by atoms with E-state index in [-0.39, 0.29) is 23.8 Å². The van der Waals surface area contributed by atoms with E-state index in [9.17, 15) is 9.59 Å². The van der Waals surface area contributed by atoms with Gasteiger partial charge in [0.2, 0.25) is 5.91 Å². The van der Waals surface area contributed by atoms with Crippen molar-refractivity contribution in [2.75, 3.05) is 7.11 Å². The van der Waals surface area contributed by atoms with E-state index in [0.29, 0.717) is 10.6 Å². The lowest BCUT2D eigenvalue weighted by Crippen LogP contribution is -2.29. The normalized spacial score (nSPS) is 11.2. The zero-order chi connectivity index (χ0) is 19.1. The minimum absolute atomic E-state index is 0.0790. The maximum atomic E-state index is 12.3. The SMILES string of the molecule is COc1cc(C#N)ccc1OC(=O)CC(NC(C)=O)c1ccc(Cl)cc1. The van der Waals surface area contributed by atoms with Gasteiger partial charge in [-0.3, -0.25) is 9.59 Å². The number of methoxy groups -OCH3 is 1. The van der Waals surface area contributed by atoms with Crippen LogP contribution in [-0.2, 0) is 9.59 Å². The molecule has 1 amide bonds. The monoisotopic (exact) mass is 372 g/mol. The van der Waals surface area contributed by atoms with E-state index in [1.807, 2.05) is 6.07 Å². The summed E-state index contributed by atoms with van der Waals surface area (Å²) in [6.07, 6.45) is -0.0790. The Morgan fingerprint density at radius 2 is 1.88 bits per heavy atom. The summed E-state index contributed by atoms with van der Waals surface area (Å²) in [6, 6.07) is 12.8. The number of hydrogen-bond acceptors (Lipinski definition) is 5. The summed E-state index contributed by atoms with van der Waals surface area (Å²) in [5.74, 6) is -0.343. The molecule has 1 unspecified atom stereocenters. The van der Waals surface area contributed by atoms with E-state index in [0.717, 1.165) is 5.56 Å². The first-order chi connectivity index (χ1) is 12.4. The van der Waals surface area contributed by atoms with Crippen molar-refractivity contribution in [1.82, 2.24) is 5.32 Å². The van der Waals surface area contributed by atoms with Gasteiger partial charge in [-0.05, 0) is 29.8 Å². The maximum Gasteiger partial charge on any atom is 0.313 e. The number of carbonyl (C=O) groups excluding carboxylic acids is 2. The van der Waals surface area contributed by atoms with Gasteiger partial charge in [0.15, 0.2) is 11.5 Å². The highest BCUT2D eigenvalue weighted by Crippen LogP contribution is 2.29. The Balaban J connectivity index is 2.16. The van der Waals surface area contributed by atoms with E-state index in [4.69, 9.17) is 26.3 Å². The fourth-order valence-corrected chi connectivity index (χ4v) is 2.47. The second kappa shape index (κ2) is 8.88. The number of hydrogen-bond donors (Lipinski definition) is 1. The fraction of sp³-hybridized carbons (Fsp3) is 0.211. The van der Waals surface area contributed by atoms with E-state index in [1.54, 1.807) is 24.3 Å². The molecule has 0 aromatic heterocycles. The summed E-state index contributed by atoms with van der Waals surface area (Å²) >= 11 is 5.88. The highest BCUT2D eigenvalue weighted by atomic mass is 35.5. The molecule has 134 valence electrons. The van der Waals surface area contributed by atoms with Crippen LogP contribution in [0.4, 0.5) is 0 Å². The Hall–Kier alpha value is -3.04. The second-order valence-corrected chi connectivity index (χ2v) is 5.90. The first-order valence-electron chi connectivity index (χ1n) is 7.74. The van der Waals surface area contributed by atoms with Crippen LogP contribution >= 0.6 is 11.6 Å². The number of amides is 1. The van der Waals surface area contributed by atoms with Crippen molar-refractivity contribution in [3.8, 4) is 17.6 Å². The van der Waals surface area contributed by atoms with E-state index in [1.165, 1.54) is 32.2 Å². The standard InChI is InChI=1S/C19H17ClN2O4/c1-12(23)22-16(14-4-6-15(20)7-5-14)10-19(24)26-17-8-3-13(11-21)9-18(17)25-2/h3-9,16H,10H2,1-2H3,(H,22,23). The van der Waals surface area contributed by atoms with Gasteiger partial charge >= 0.3 is 5.97 Å². The predicted molar refractivity (Wildman–Crippen MR) is 96.0 cm³/mol. The molecule has 0 aliphatic carbocycles. The van der Waals surface area contributed by atoms with Gasteiger partial charge < -0.3 is 14.8 Å². The van der Waals surface area contributed by atoms with Crippen LogP contribution in [0, 0.1) is 11.3 Å². The number of rotatable bonds is 6. The van der Waals surface area contributed by atoms with Gasteiger partial charge in [0.25, 0.3) is 0 Å². The Kier molecular flexibility index (Phi) is 6.59. The van der Waals surface area contributed by atoms with Crippen molar-refractivity contribution < 1.29 is 19.1 Å². The highest BCUT2D eigenvalue weighted by Gasteiger charge is 2.20.